The first-order chi connectivity index (χ1) is 4.50. The second kappa shape index (κ2) is 3.07. The SMILES string of the molecule is NC([O-])(C(F)(F)F)C(F)(F)F.[NH4+]. The minimum atomic E-state index is -6.02. The third kappa shape index (κ3) is 2.22. The maximum absolute atomic E-state index is 11.2. The van der Waals surface area contributed by atoms with Gasteiger partial charge in [0, 0.05) is 0 Å². The zero-order valence-corrected chi connectivity index (χ0v) is 5.75. The zero-order valence-electron chi connectivity index (χ0n) is 5.75. The molecule has 0 aliphatic heterocycles. The molecule has 0 aliphatic carbocycles. The summed E-state index contributed by atoms with van der Waals surface area (Å²) < 4.78 is 67.0. The van der Waals surface area contributed by atoms with Crippen molar-refractivity contribution in [3.05, 3.63) is 0 Å². The summed E-state index contributed by atoms with van der Waals surface area (Å²) in [4.78, 5) is 0. The van der Waals surface area contributed by atoms with E-state index >= 15 is 0 Å². The molecule has 0 saturated carbocycles. The van der Waals surface area contributed by atoms with Crippen LogP contribution in [0, 0.1) is 0 Å². The Morgan fingerprint density at radius 1 is 0.833 bits per heavy atom. The van der Waals surface area contributed by atoms with Crippen LogP contribution in [-0.4, -0.2) is 18.1 Å². The molecular formula is C3H6F6N2O. The van der Waals surface area contributed by atoms with Gasteiger partial charge in [-0.15, -0.1) is 0 Å². The maximum atomic E-state index is 11.2. The second-order valence-corrected chi connectivity index (χ2v) is 1.73. The lowest BCUT2D eigenvalue weighted by Crippen LogP contribution is -2.72. The van der Waals surface area contributed by atoms with E-state index in [0.717, 1.165) is 0 Å². The fourth-order valence-electron chi connectivity index (χ4n) is 0.161. The van der Waals surface area contributed by atoms with Crippen LogP contribution in [0.4, 0.5) is 26.3 Å². The number of hydrogen-bond donors (Lipinski definition) is 2. The van der Waals surface area contributed by atoms with Crippen LogP contribution in [0.1, 0.15) is 0 Å². The average molecular weight is 200 g/mol. The van der Waals surface area contributed by atoms with E-state index in [0.29, 0.717) is 0 Å². The molecule has 0 aromatic rings. The first-order valence-electron chi connectivity index (χ1n) is 2.13. The Hall–Kier alpha value is -0.540. The van der Waals surface area contributed by atoms with Gasteiger partial charge in [-0.2, -0.15) is 26.3 Å². The molecule has 0 bridgehead atoms. The molecule has 0 unspecified atom stereocenters. The summed E-state index contributed by atoms with van der Waals surface area (Å²) in [5.41, 5.74) is -1.91. The molecule has 0 aromatic carbocycles. The van der Waals surface area contributed by atoms with Gasteiger partial charge in [-0.3, -0.25) is 0 Å². The summed E-state index contributed by atoms with van der Waals surface area (Å²) in [6.45, 7) is 0. The van der Waals surface area contributed by atoms with Gasteiger partial charge >= 0.3 is 12.4 Å². The summed E-state index contributed by atoms with van der Waals surface area (Å²) in [5.74, 6) is 0. The van der Waals surface area contributed by atoms with Gasteiger partial charge in [-0.05, 0) is 0 Å². The largest absolute Gasteiger partial charge is 0.825 e. The lowest BCUT2D eigenvalue weighted by atomic mass is 10.2. The quantitative estimate of drug-likeness (QED) is 0.440. The summed E-state index contributed by atoms with van der Waals surface area (Å²) >= 11 is 0. The molecule has 12 heavy (non-hydrogen) atoms. The molecule has 0 fully saturated rings. The van der Waals surface area contributed by atoms with E-state index in [-0.39, 0.29) is 6.15 Å². The van der Waals surface area contributed by atoms with E-state index in [1.165, 1.54) is 0 Å². The summed E-state index contributed by atoms with van der Waals surface area (Å²) in [7, 11) is 0. The molecule has 6 N–H and O–H groups in total. The van der Waals surface area contributed by atoms with E-state index < -0.39 is 18.1 Å². The van der Waals surface area contributed by atoms with Crippen LogP contribution in [0.5, 0.6) is 0 Å². The van der Waals surface area contributed by atoms with E-state index in [1.54, 1.807) is 0 Å². The van der Waals surface area contributed by atoms with Gasteiger partial charge in [0.1, 0.15) is 5.72 Å². The summed E-state index contributed by atoms with van der Waals surface area (Å²) in [6.07, 6.45) is -12.0. The Morgan fingerprint density at radius 3 is 1.00 bits per heavy atom. The fourth-order valence-corrected chi connectivity index (χ4v) is 0.161. The van der Waals surface area contributed by atoms with E-state index in [9.17, 15) is 31.4 Å². The van der Waals surface area contributed by atoms with E-state index in [4.69, 9.17) is 0 Å². The minimum absolute atomic E-state index is 0. The molecule has 0 radical (unpaired) electrons. The fraction of sp³-hybridized carbons (Fsp3) is 1.00. The highest BCUT2D eigenvalue weighted by Gasteiger charge is 2.59. The third-order valence-corrected chi connectivity index (χ3v) is 0.842. The molecule has 0 heterocycles. The topological polar surface area (TPSA) is 85.6 Å². The van der Waals surface area contributed by atoms with Crippen molar-refractivity contribution in [1.29, 1.82) is 0 Å². The molecule has 0 atom stereocenters. The van der Waals surface area contributed by atoms with Gasteiger partial charge in [0.25, 0.3) is 0 Å². The van der Waals surface area contributed by atoms with Crippen molar-refractivity contribution >= 4 is 0 Å². The van der Waals surface area contributed by atoms with Crippen molar-refractivity contribution in [2.75, 3.05) is 0 Å². The predicted octanol–water partition coefficient (Wildman–Crippen LogP) is 0.502. The molecule has 3 nitrogen and oxygen atoms in total. The third-order valence-electron chi connectivity index (χ3n) is 0.842. The number of halogens is 6. The first-order valence-corrected chi connectivity index (χ1v) is 2.13. The van der Waals surface area contributed by atoms with Crippen molar-refractivity contribution in [2.24, 2.45) is 5.73 Å². The molecule has 0 aliphatic rings. The van der Waals surface area contributed by atoms with Crippen LogP contribution in [0.2, 0.25) is 0 Å². The number of rotatable bonds is 0. The molecule has 0 spiro atoms. The molecular weight excluding hydrogens is 194 g/mol. The summed E-state index contributed by atoms with van der Waals surface area (Å²) in [5, 5.41) is 9.67. The van der Waals surface area contributed by atoms with Crippen LogP contribution >= 0.6 is 0 Å². The van der Waals surface area contributed by atoms with Gasteiger partial charge in [-0.1, -0.05) is 0 Å². The summed E-state index contributed by atoms with van der Waals surface area (Å²) in [6, 6.07) is 0. The Labute approximate surface area is 62.7 Å². The van der Waals surface area contributed by atoms with E-state index in [1.807, 2.05) is 0 Å². The average Bonchev–Trinajstić information content (AvgIpc) is 1.58. The van der Waals surface area contributed by atoms with Gasteiger partial charge in [-0.25, -0.2) is 0 Å². The Morgan fingerprint density at radius 2 is 1.00 bits per heavy atom. The van der Waals surface area contributed by atoms with Gasteiger partial charge < -0.3 is 17.0 Å². The lowest BCUT2D eigenvalue weighted by molar-refractivity contribution is -0.591. The minimum Gasteiger partial charge on any atom is -0.825 e. The predicted molar refractivity (Wildman–Crippen MR) is 25.0 cm³/mol. The van der Waals surface area contributed by atoms with Crippen molar-refractivity contribution in [3.63, 3.8) is 0 Å². The van der Waals surface area contributed by atoms with Crippen LogP contribution in [0.3, 0.4) is 0 Å². The monoisotopic (exact) mass is 200 g/mol. The molecule has 0 saturated heterocycles. The molecule has 9 heteroatoms. The van der Waals surface area contributed by atoms with Crippen LogP contribution in [0.25, 0.3) is 0 Å². The van der Waals surface area contributed by atoms with Crippen LogP contribution in [0.15, 0.2) is 0 Å². The second-order valence-electron chi connectivity index (χ2n) is 1.73. The van der Waals surface area contributed by atoms with Crippen LogP contribution < -0.4 is 17.0 Å². The highest BCUT2D eigenvalue weighted by atomic mass is 19.4. The Balaban J connectivity index is 0. The number of nitrogens with two attached hydrogens (primary N) is 1. The standard InChI is InChI=1S/C3H2F6NO.H3N/c4-2(5,6)1(10,11)3(7,8)9;/h10H2;1H3/q-1;/p+1. The van der Waals surface area contributed by atoms with Gasteiger partial charge in [0.05, 0.1) is 0 Å². The van der Waals surface area contributed by atoms with Crippen molar-refractivity contribution in [3.8, 4) is 0 Å². The van der Waals surface area contributed by atoms with Crippen molar-refractivity contribution in [1.82, 2.24) is 6.15 Å². The first kappa shape index (κ1) is 14.0. The van der Waals surface area contributed by atoms with Crippen molar-refractivity contribution < 1.29 is 31.4 Å². The molecule has 0 aromatic heterocycles. The number of hydrogen-bond acceptors (Lipinski definition) is 2. The number of alkyl halides is 6. The zero-order chi connectivity index (χ0) is 9.50. The molecule has 76 valence electrons. The van der Waals surface area contributed by atoms with Crippen LogP contribution in [-0.2, 0) is 0 Å². The highest BCUT2D eigenvalue weighted by Crippen LogP contribution is 2.36. The Kier molecular flexibility index (Phi) is 3.59. The van der Waals surface area contributed by atoms with Gasteiger partial charge in [0.15, 0.2) is 0 Å². The lowest BCUT2D eigenvalue weighted by Gasteiger charge is -2.39. The highest BCUT2D eigenvalue weighted by molar-refractivity contribution is 4.85. The molecule has 0 rings (SSSR count). The van der Waals surface area contributed by atoms with Gasteiger partial charge in [0.2, 0.25) is 0 Å². The Bertz CT molecular complexity index is 132. The van der Waals surface area contributed by atoms with Crippen molar-refractivity contribution in [2.45, 2.75) is 18.1 Å². The number of quaternary nitrogens is 1. The maximum Gasteiger partial charge on any atom is 0.400 e. The van der Waals surface area contributed by atoms with E-state index in [2.05, 4.69) is 5.73 Å². The molecule has 0 amide bonds. The smallest absolute Gasteiger partial charge is 0.400 e. The normalized spacial score (nSPS) is 14.0.